The highest BCUT2D eigenvalue weighted by molar-refractivity contribution is 5.94. The average molecular weight is 314 g/mol. The lowest BCUT2D eigenvalue weighted by Gasteiger charge is -2.29. The minimum atomic E-state index is 0.239. The molecule has 0 atom stereocenters. The second kappa shape index (κ2) is 7.96. The first-order valence-electron chi connectivity index (χ1n) is 9.40. The van der Waals surface area contributed by atoms with Gasteiger partial charge >= 0.3 is 0 Å². The van der Waals surface area contributed by atoms with Crippen LogP contribution in [0.15, 0.2) is 24.3 Å². The molecule has 1 aromatic carbocycles. The van der Waals surface area contributed by atoms with Crippen molar-refractivity contribution in [3.8, 4) is 0 Å². The SMILES string of the molecule is CCN(C(=O)CN1CCCCC1)c1ccc(C2CCCC2)cc1. The third-order valence-corrected chi connectivity index (χ3v) is 5.46. The van der Waals surface area contributed by atoms with Crippen molar-refractivity contribution in [1.29, 1.82) is 0 Å². The predicted octanol–water partition coefficient (Wildman–Crippen LogP) is 4.18. The van der Waals surface area contributed by atoms with Crippen molar-refractivity contribution in [1.82, 2.24) is 4.90 Å². The molecule has 1 aliphatic carbocycles. The number of likely N-dealkylation sites (N-methyl/N-ethyl adjacent to an activating group) is 1. The predicted molar refractivity (Wildman–Crippen MR) is 96.0 cm³/mol. The Kier molecular flexibility index (Phi) is 5.71. The van der Waals surface area contributed by atoms with Gasteiger partial charge in [-0.15, -0.1) is 0 Å². The number of rotatable bonds is 5. The maximum Gasteiger partial charge on any atom is 0.241 e. The number of anilines is 1. The fourth-order valence-electron chi connectivity index (χ4n) is 4.08. The minimum Gasteiger partial charge on any atom is -0.312 e. The number of carbonyl (C=O) groups excluding carboxylic acids is 1. The minimum absolute atomic E-state index is 0.239. The van der Waals surface area contributed by atoms with Crippen molar-refractivity contribution >= 4 is 11.6 Å². The van der Waals surface area contributed by atoms with Gasteiger partial charge in [-0.05, 0) is 69.3 Å². The van der Waals surface area contributed by atoms with Crippen LogP contribution in [0.4, 0.5) is 5.69 Å². The second-order valence-electron chi connectivity index (χ2n) is 7.05. The summed E-state index contributed by atoms with van der Waals surface area (Å²) in [6.45, 7) is 5.53. The number of nitrogens with zero attached hydrogens (tertiary/aromatic N) is 2. The Morgan fingerprint density at radius 1 is 1.04 bits per heavy atom. The molecular weight excluding hydrogens is 284 g/mol. The van der Waals surface area contributed by atoms with Gasteiger partial charge in [0.1, 0.15) is 0 Å². The van der Waals surface area contributed by atoms with Crippen LogP contribution >= 0.6 is 0 Å². The highest BCUT2D eigenvalue weighted by atomic mass is 16.2. The third-order valence-electron chi connectivity index (χ3n) is 5.46. The molecule has 1 heterocycles. The molecule has 0 bridgehead atoms. The van der Waals surface area contributed by atoms with E-state index in [2.05, 4.69) is 36.1 Å². The Hall–Kier alpha value is -1.35. The molecule has 1 saturated carbocycles. The van der Waals surface area contributed by atoms with E-state index in [9.17, 15) is 4.79 Å². The molecule has 1 saturated heterocycles. The van der Waals surface area contributed by atoms with Gasteiger partial charge in [-0.1, -0.05) is 31.4 Å². The summed E-state index contributed by atoms with van der Waals surface area (Å²) in [6, 6.07) is 8.76. The lowest BCUT2D eigenvalue weighted by atomic mass is 9.97. The summed E-state index contributed by atoms with van der Waals surface area (Å²) in [4.78, 5) is 16.9. The maximum absolute atomic E-state index is 12.7. The molecule has 3 rings (SSSR count). The quantitative estimate of drug-likeness (QED) is 0.814. The summed E-state index contributed by atoms with van der Waals surface area (Å²) in [5.74, 6) is 0.978. The molecule has 1 amide bonds. The van der Waals surface area contributed by atoms with Gasteiger partial charge < -0.3 is 4.90 Å². The van der Waals surface area contributed by atoms with Gasteiger partial charge in [0.25, 0.3) is 0 Å². The molecule has 1 aromatic rings. The van der Waals surface area contributed by atoms with Crippen molar-refractivity contribution in [3.05, 3.63) is 29.8 Å². The number of carbonyl (C=O) groups is 1. The van der Waals surface area contributed by atoms with E-state index in [0.717, 1.165) is 31.2 Å². The number of likely N-dealkylation sites (tertiary alicyclic amines) is 1. The molecule has 23 heavy (non-hydrogen) atoms. The summed E-state index contributed by atoms with van der Waals surface area (Å²) in [5, 5.41) is 0. The van der Waals surface area contributed by atoms with E-state index < -0.39 is 0 Å². The molecule has 0 spiro atoms. The van der Waals surface area contributed by atoms with Crippen LogP contribution in [-0.4, -0.2) is 37.0 Å². The third kappa shape index (κ3) is 4.14. The van der Waals surface area contributed by atoms with E-state index in [1.54, 1.807) is 0 Å². The van der Waals surface area contributed by atoms with Crippen LogP contribution in [0.3, 0.4) is 0 Å². The second-order valence-corrected chi connectivity index (χ2v) is 7.05. The fourth-order valence-corrected chi connectivity index (χ4v) is 4.08. The molecule has 3 nitrogen and oxygen atoms in total. The van der Waals surface area contributed by atoms with E-state index in [4.69, 9.17) is 0 Å². The number of amides is 1. The summed E-state index contributed by atoms with van der Waals surface area (Å²) in [6.07, 6.45) is 9.15. The molecule has 3 heteroatoms. The lowest BCUT2D eigenvalue weighted by molar-refractivity contribution is -0.119. The summed E-state index contributed by atoms with van der Waals surface area (Å²) >= 11 is 0. The topological polar surface area (TPSA) is 23.6 Å². The first-order valence-corrected chi connectivity index (χ1v) is 9.40. The van der Waals surface area contributed by atoms with Gasteiger partial charge in [-0.25, -0.2) is 0 Å². The van der Waals surface area contributed by atoms with Gasteiger partial charge in [0, 0.05) is 12.2 Å². The van der Waals surface area contributed by atoms with E-state index in [0.29, 0.717) is 6.54 Å². The zero-order valence-electron chi connectivity index (χ0n) is 14.5. The Bertz CT molecular complexity index is 499. The lowest BCUT2D eigenvalue weighted by Crippen LogP contribution is -2.42. The van der Waals surface area contributed by atoms with Crippen LogP contribution in [0.2, 0.25) is 0 Å². The van der Waals surface area contributed by atoms with Crippen molar-refractivity contribution in [3.63, 3.8) is 0 Å². The van der Waals surface area contributed by atoms with E-state index >= 15 is 0 Å². The Morgan fingerprint density at radius 2 is 1.70 bits per heavy atom. The zero-order valence-corrected chi connectivity index (χ0v) is 14.5. The van der Waals surface area contributed by atoms with Crippen LogP contribution in [0.1, 0.15) is 63.4 Å². The summed E-state index contributed by atoms with van der Waals surface area (Å²) < 4.78 is 0. The van der Waals surface area contributed by atoms with Crippen LogP contribution in [-0.2, 0) is 4.79 Å². The van der Waals surface area contributed by atoms with Gasteiger partial charge in [-0.2, -0.15) is 0 Å². The van der Waals surface area contributed by atoms with Gasteiger partial charge in [-0.3, -0.25) is 9.69 Å². The molecule has 2 fully saturated rings. The molecule has 0 radical (unpaired) electrons. The van der Waals surface area contributed by atoms with E-state index in [1.165, 1.54) is 50.5 Å². The van der Waals surface area contributed by atoms with Crippen molar-refractivity contribution in [2.75, 3.05) is 31.1 Å². The Balaban J connectivity index is 1.63. The number of hydrogen-bond donors (Lipinski definition) is 0. The van der Waals surface area contributed by atoms with Crippen LogP contribution in [0.25, 0.3) is 0 Å². The van der Waals surface area contributed by atoms with Gasteiger partial charge in [0.15, 0.2) is 0 Å². The van der Waals surface area contributed by atoms with Crippen LogP contribution in [0.5, 0.6) is 0 Å². The summed E-state index contributed by atoms with van der Waals surface area (Å²) in [5.41, 5.74) is 2.50. The molecule has 0 aromatic heterocycles. The van der Waals surface area contributed by atoms with Crippen molar-refractivity contribution in [2.24, 2.45) is 0 Å². The number of hydrogen-bond acceptors (Lipinski definition) is 2. The highest BCUT2D eigenvalue weighted by Gasteiger charge is 2.20. The molecule has 2 aliphatic rings. The molecule has 0 unspecified atom stereocenters. The first kappa shape index (κ1) is 16.5. The molecule has 1 aliphatic heterocycles. The smallest absolute Gasteiger partial charge is 0.241 e. The first-order chi connectivity index (χ1) is 11.3. The average Bonchev–Trinajstić information content (AvgIpc) is 3.11. The van der Waals surface area contributed by atoms with Gasteiger partial charge in [0.2, 0.25) is 5.91 Å². The molecule has 0 N–H and O–H groups in total. The summed E-state index contributed by atoms with van der Waals surface area (Å²) in [7, 11) is 0. The van der Waals surface area contributed by atoms with Crippen molar-refractivity contribution in [2.45, 2.75) is 57.8 Å². The number of piperidine rings is 1. The largest absolute Gasteiger partial charge is 0.312 e. The molecule has 126 valence electrons. The standard InChI is InChI=1S/C20H30N2O/c1-2-22(20(23)16-21-14-6-3-7-15-21)19-12-10-18(11-13-19)17-8-4-5-9-17/h10-13,17H,2-9,14-16H2,1H3. The fraction of sp³-hybridized carbons (Fsp3) is 0.650. The van der Waals surface area contributed by atoms with Crippen LogP contribution < -0.4 is 4.90 Å². The monoisotopic (exact) mass is 314 g/mol. The normalized spacial score (nSPS) is 19.9. The zero-order chi connectivity index (χ0) is 16.1. The molecular formula is C20H30N2O. The highest BCUT2D eigenvalue weighted by Crippen LogP contribution is 2.34. The Labute approximate surface area is 140 Å². The van der Waals surface area contributed by atoms with E-state index in [1.807, 2.05) is 4.90 Å². The Morgan fingerprint density at radius 3 is 2.30 bits per heavy atom. The van der Waals surface area contributed by atoms with E-state index in [-0.39, 0.29) is 5.91 Å². The maximum atomic E-state index is 12.7. The van der Waals surface area contributed by atoms with Gasteiger partial charge in [0.05, 0.1) is 6.54 Å². The number of benzene rings is 1. The van der Waals surface area contributed by atoms with Crippen LogP contribution in [0, 0.1) is 0 Å². The van der Waals surface area contributed by atoms with Crippen molar-refractivity contribution < 1.29 is 4.79 Å².